The maximum atomic E-state index is 12.2. The van der Waals surface area contributed by atoms with E-state index in [9.17, 15) is 4.79 Å². The molecule has 0 atom stereocenters. The summed E-state index contributed by atoms with van der Waals surface area (Å²) in [5, 5.41) is 10.9. The van der Waals surface area contributed by atoms with Crippen molar-refractivity contribution in [3.63, 3.8) is 0 Å². The van der Waals surface area contributed by atoms with E-state index in [4.69, 9.17) is 21.0 Å². The molecular weight excluding hydrogens is 330 g/mol. The fourth-order valence-electron chi connectivity index (χ4n) is 2.17. The van der Waals surface area contributed by atoms with Gasteiger partial charge in [0.1, 0.15) is 5.75 Å². The molecule has 0 aliphatic rings. The molecule has 1 heterocycles. The van der Waals surface area contributed by atoms with Crippen LogP contribution in [0.15, 0.2) is 53.2 Å². The minimum atomic E-state index is -0.217. The standard InChI is InChI=1S/C17H14ClN3O3/c1-23-14-8-2-11(3-9-14)10-15(22)19-17-16(20-24-21-17)12-4-6-13(18)7-5-12/h2-9H,10H2,1H3,(H,19,21,22). The molecule has 1 aromatic heterocycles. The molecule has 0 aliphatic carbocycles. The third-order valence-corrected chi connectivity index (χ3v) is 3.64. The van der Waals surface area contributed by atoms with Gasteiger partial charge in [-0.15, -0.1) is 0 Å². The molecule has 1 amide bonds. The second-order valence-corrected chi connectivity index (χ2v) is 5.48. The van der Waals surface area contributed by atoms with Crippen LogP contribution in [-0.2, 0) is 11.2 Å². The van der Waals surface area contributed by atoms with Gasteiger partial charge in [-0.3, -0.25) is 4.79 Å². The van der Waals surface area contributed by atoms with Gasteiger partial charge in [0, 0.05) is 10.6 Å². The number of amides is 1. The number of anilines is 1. The molecule has 0 saturated carbocycles. The first-order valence-electron chi connectivity index (χ1n) is 7.17. The van der Waals surface area contributed by atoms with Crippen LogP contribution in [-0.4, -0.2) is 23.3 Å². The van der Waals surface area contributed by atoms with E-state index in [0.29, 0.717) is 10.7 Å². The molecule has 3 aromatic rings. The fraction of sp³-hybridized carbons (Fsp3) is 0.118. The zero-order valence-corrected chi connectivity index (χ0v) is 13.6. The number of ether oxygens (including phenoxy) is 1. The van der Waals surface area contributed by atoms with Crippen molar-refractivity contribution in [2.45, 2.75) is 6.42 Å². The molecule has 1 N–H and O–H groups in total. The van der Waals surface area contributed by atoms with E-state index in [1.165, 1.54) is 0 Å². The van der Waals surface area contributed by atoms with E-state index in [2.05, 4.69) is 15.6 Å². The van der Waals surface area contributed by atoms with Gasteiger partial charge in [-0.2, -0.15) is 0 Å². The van der Waals surface area contributed by atoms with Gasteiger partial charge in [-0.05, 0) is 40.1 Å². The van der Waals surface area contributed by atoms with Crippen molar-refractivity contribution in [2.75, 3.05) is 12.4 Å². The highest BCUT2D eigenvalue weighted by Crippen LogP contribution is 2.25. The smallest absolute Gasteiger partial charge is 0.230 e. The molecule has 24 heavy (non-hydrogen) atoms. The Hall–Kier alpha value is -2.86. The molecule has 0 aliphatic heterocycles. The van der Waals surface area contributed by atoms with Gasteiger partial charge in [0.2, 0.25) is 11.7 Å². The average molecular weight is 344 g/mol. The maximum Gasteiger partial charge on any atom is 0.230 e. The Labute approximate surface area is 143 Å². The number of nitrogens with zero attached hydrogens (tertiary/aromatic N) is 2. The van der Waals surface area contributed by atoms with Gasteiger partial charge in [-0.1, -0.05) is 35.9 Å². The summed E-state index contributed by atoms with van der Waals surface area (Å²) < 4.78 is 9.84. The predicted molar refractivity (Wildman–Crippen MR) is 90.1 cm³/mol. The first-order valence-corrected chi connectivity index (χ1v) is 7.55. The van der Waals surface area contributed by atoms with E-state index in [1.54, 1.807) is 43.5 Å². The second-order valence-electron chi connectivity index (χ2n) is 5.04. The molecular formula is C17H14ClN3O3. The molecule has 0 spiro atoms. The minimum absolute atomic E-state index is 0.205. The van der Waals surface area contributed by atoms with E-state index in [1.807, 2.05) is 12.1 Å². The summed E-state index contributed by atoms with van der Waals surface area (Å²) in [4.78, 5) is 12.2. The van der Waals surface area contributed by atoms with Crippen LogP contribution in [0.3, 0.4) is 0 Å². The first kappa shape index (κ1) is 16.0. The van der Waals surface area contributed by atoms with Crippen LogP contribution in [0, 0.1) is 0 Å². The van der Waals surface area contributed by atoms with Crippen molar-refractivity contribution < 1.29 is 14.2 Å². The van der Waals surface area contributed by atoms with Gasteiger partial charge in [0.25, 0.3) is 0 Å². The zero-order chi connectivity index (χ0) is 16.9. The van der Waals surface area contributed by atoms with Gasteiger partial charge in [0.05, 0.1) is 13.5 Å². The van der Waals surface area contributed by atoms with Crippen LogP contribution >= 0.6 is 11.6 Å². The number of nitrogens with one attached hydrogen (secondary N) is 1. The lowest BCUT2D eigenvalue weighted by molar-refractivity contribution is -0.115. The number of methoxy groups -OCH3 is 1. The molecule has 0 unspecified atom stereocenters. The van der Waals surface area contributed by atoms with Crippen molar-refractivity contribution in [2.24, 2.45) is 0 Å². The number of benzene rings is 2. The van der Waals surface area contributed by atoms with Gasteiger partial charge < -0.3 is 10.1 Å². The number of aromatic nitrogens is 2. The Bertz CT molecular complexity index is 829. The Kier molecular flexibility index (Phi) is 4.77. The summed E-state index contributed by atoms with van der Waals surface area (Å²) >= 11 is 5.87. The Morgan fingerprint density at radius 2 is 1.83 bits per heavy atom. The zero-order valence-electron chi connectivity index (χ0n) is 12.8. The highest BCUT2D eigenvalue weighted by Gasteiger charge is 2.15. The summed E-state index contributed by atoms with van der Waals surface area (Å²) in [6.45, 7) is 0. The van der Waals surface area contributed by atoms with Crippen LogP contribution < -0.4 is 10.1 Å². The molecule has 7 heteroatoms. The molecule has 3 rings (SSSR count). The van der Waals surface area contributed by atoms with Crippen molar-refractivity contribution in [3.8, 4) is 17.0 Å². The molecule has 6 nitrogen and oxygen atoms in total. The molecule has 0 bridgehead atoms. The van der Waals surface area contributed by atoms with Gasteiger partial charge in [0.15, 0.2) is 5.69 Å². The van der Waals surface area contributed by atoms with E-state index < -0.39 is 0 Å². The Morgan fingerprint density at radius 3 is 2.50 bits per heavy atom. The van der Waals surface area contributed by atoms with Crippen molar-refractivity contribution in [1.82, 2.24) is 10.3 Å². The molecule has 0 radical (unpaired) electrons. The van der Waals surface area contributed by atoms with E-state index >= 15 is 0 Å². The van der Waals surface area contributed by atoms with Crippen molar-refractivity contribution in [1.29, 1.82) is 0 Å². The largest absolute Gasteiger partial charge is 0.497 e. The second kappa shape index (κ2) is 7.14. The first-order chi connectivity index (χ1) is 11.7. The minimum Gasteiger partial charge on any atom is -0.497 e. The average Bonchev–Trinajstić information content (AvgIpc) is 3.04. The Balaban J connectivity index is 1.70. The van der Waals surface area contributed by atoms with Crippen LogP contribution in [0.2, 0.25) is 5.02 Å². The fourth-order valence-corrected chi connectivity index (χ4v) is 2.30. The topological polar surface area (TPSA) is 77.2 Å². The lowest BCUT2D eigenvalue weighted by Crippen LogP contribution is -2.15. The lowest BCUT2D eigenvalue weighted by Gasteiger charge is -2.05. The summed E-state index contributed by atoms with van der Waals surface area (Å²) in [7, 11) is 1.59. The summed E-state index contributed by atoms with van der Waals surface area (Å²) in [6.07, 6.45) is 0.205. The van der Waals surface area contributed by atoms with Crippen LogP contribution in [0.25, 0.3) is 11.3 Å². The maximum absolute atomic E-state index is 12.2. The normalized spacial score (nSPS) is 10.4. The van der Waals surface area contributed by atoms with Crippen molar-refractivity contribution in [3.05, 3.63) is 59.1 Å². The molecule has 0 saturated heterocycles. The summed E-state index contributed by atoms with van der Waals surface area (Å²) in [6, 6.07) is 14.3. The number of hydrogen-bond acceptors (Lipinski definition) is 5. The van der Waals surface area contributed by atoms with Crippen LogP contribution in [0.5, 0.6) is 5.75 Å². The van der Waals surface area contributed by atoms with Gasteiger partial charge >= 0.3 is 0 Å². The summed E-state index contributed by atoms with van der Waals surface area (Å²) in [5.41, 5.74) is 2.06. The van der Waals surface area contributed by atoms with E-state index in [-0.39, 0.29) is 18.1 Å². The van der Waals surface area contributed by atoms with Gasteiger partial charge in [-0.25, -0.2) is 4.63 Å². The highest BCUT2D eigenvalue weighted by molar-refractivity contribution is 6.30. The Morgan fingerprint density at radius 1 is 1.12 bits per heavy atom. The molecule has 2 aromatic carbocycles. The number of halogens is 1. The van der Waals surface area contributed by atoms with Crippen LogP contribution in [0.4, 0.5) is 5.82 Å². The summed E-state index contributed by atoms with van der Waals surface area (Å²) in [5.74, 6) is 0.798. The third kappa shape index (κ3) is 3.72. The van der Waals surface area contributed by atoms with E-state index in [0.717, 1.165) is 16.9 Å². The van der Waals surface area contributed by atoms with Crippen LogP contribution in [0.1, 0.15) is 5.56 Å². The number of hydrogen-bond donors (Lipinski definition) is 1. The number of rotatable bonds is 5. The molecule has 122 valence electrons. The quantitative estimate of drug-likeness (QED) is 0.766. The molecule has 0 fully saturated rings. The van der Waals surface area contributed by atoms with Crippen molar-refractivity contribution >= 4 is 23.3 Å². The SMILES string of the molecule is COc1ccc(CC(=O)Nc2nonc2-c2ccc(Cl)cc2)cc1. The number of carbonyl (C=O) groups excluding carboxylic acids is 1. The monoisotopic (exact) mass is 343 g/mol. The highest BCUT2D eigenvalue weighted by atomic mass is 35.5. The number of carbonyl (C=O) groups is 1. The third-order valence-electron chi connectivity index (χ3n) is 3.39. The lowest BCUT2D eigenvalue weighted by atomic mass is 10.1. The predicted octanol–water partition coefficient (Wildman–Crippen LogP) is 3.58.